The van der Waals surface area contributed by atoms with E-state index < -0.39 is 5.97 Å². The number of nitrogens with zero attached hydrogens (tertiary/aromatic N) is 2. The first-order valence-corrected chi connectivity index (χ1v) is 4.19. The standard InChI is InChI=1S/C9H12N2O2/c1-7-5-6-10-8(11-7)3-2-4-9(12)13/h5-6H,2-4H2,1H3,(H,12,13). The second kappa shape index (κ2) is 4.54. The Bertz CT molecular complexity index is 299. The van der Waals surface area contributed by atoms with Gasteiger partial charge in [0, 0.05) is 24.7 Å². The minimum Gasteiger partial charge on any atom is -0.481 e. The van der Waals surface area contributed by atoms with Crippen LogP contribution < -0.4 is 0 Å². The molecule has 0 aliphatic rings. The smallest absolute Gasteiger partial charge is 0.303 e. The number of aryl methyl sites for hydroxylation is 2. The number of carbonyl (C=O) groups is 1. The SMILES string of the molecule is Cc1ccnc(CCCC(=O)O)n1. The summed E-state index contributed by atoms with van der Waals surface area (Å²) in [5, 5.41) is 8.41. The van der Waals surface area contributed by atoms with Gasteiger partial charge in [-0.15, -0.1) is 0 Å². The fourth-order valence-electron chi connectivity index (χ4n) is 1.02. The molecule has 13 heavy (non-hydrogen) atoms. The highest BCUT2D eigenvalue weighted by Crippen LogP contribution is 1.99. The number of aromatic nitrogens is 2. The van der Waals surface area contributed by atoms with Crippen LogP contribution in [0.3, 0.4) is 0 Å². The van der Waals surface area contributed by atoms with Crippen molar-refractivity contribution < 1.29 is 9.90 Å². The molecule has 0 atom stereocenters. The van der Waals surface area contributed by atoms with Crippen molar-refractivity contribution in [3.05, 3.63) is 23.8 Å². The molecule has 1 N–H and O–H groups in total. The van der Waals surface area contributed by atoms with Gasteiger partial charge in [0.05, 0.1) is 0 Å². The Morgan fingerprint density at radius 3 is 3.00 bits per heavy atom. The van der Waals surface area contributed by atoms with Crippen molar-refractivity contribution in [2.75, 3.05) is 0 Å². The second-order valence-corrected chi connectivity index (χ2v) is 2.86. The molecule has 0 radical (unpaired) electrons. The topological polar surface area (TPSA) is 63.1 Å². The zero-order valence-electron chi connectivity index (χ0n) is 7.53. The molecule has 1 heterocycles. The van der Waals surface area contributed by atoms with Gasteiger partial charge in [-0.25, -0.2) is 9.97 Å². The number of rotatable bonds is 4. The van der Waals surface area contributed by atoms with Crippen LogP contribution in [0.5, 0.6) is 0 Å². The minimum absolute atomic E-state index is 0.178. The Kier molecular flexibility index (Phi) is 3.37. The highest BCUT2D eigenvalue weighted by Gasteiger charge is 2.00. The number of carboxylic acid groups (broad SMARTS) is 1. The third-order valence-corrected chi connectivity index (χ3v) is 1.64. The average Bonchev–Trinajstić information content (AvgIpc) is 2.03. The molecule has 0 unspecified atom stereocenters. The van der Waals surface area contributed by atoms with E-state index in [-0.39, 0.29) is 6.42 Å². The molecule has 1 aromatic rings. The lowest BCUT2D eigenvalue weighted by Crippen LogP contribution is -1.99. The van der Waals surface area contributed by atoms with Gasteiger partial charge in [-0.05, 0) is 19.4 Å². The molecule has 0 bridgehead atoms. The molecule has 0 aliphatic carbocycles. The first-order valence-electron chi connectivity index (χ1n) is 4.19. The molecule has 4 heteroatoms. The van der Waals surface area contributed by atoms with E-state index in [2.05, 4.69) is 9.97 Å². The van der Waals surface area contributed by atoms with E-state index in [1.807, 2.05) is 13.0 Å². The van der Waals surface area contributed by atoms with E-state index in [9.17, 15) is 4.79 Å². The van der Waals surface area contributed by atoms with Crippen LogP contribution in [-0.2, 0) is 11.2 Å². The third kappa shape index (κ3) is 3.64. The summed E-state index contributed by atoms with van der Waals surface area (Å²) >= 11 is 0. The molecular weight excluding hydrogens is 168 g/mol. The maximum Gasteiger partial charge on any atom is 0.303 e. The van der Waals surface area contributed by atoms with Crippen LogP contribution in [0.2, 0.25) is 0 Å². The zero-order valence-corrected chi connectivity index (χ0v) is 7.53. The van der Waals surface area contributed by atoms with Gasteiger partial charge in [0.2, 0.25) is 0 Å². The van der Waals surface area contributed by atoms with Gasteiger partial charge in [0.25, 0.3) is 0 Å². The van der Waals surface area contributed by atoms with Crippen molar-refractivity contribution in [1.82, 2.24) is 9.97 Å². The lowest BCUT2D eigenvalue weighted by Gasteiger charge is -1.98. The summed E-state index contributed by atoms with van der Waals surface area (Å²) < 4.78 is 0. The van der Waals surface area contributed by atoms with Crippen LogP contribution in [0.15, 0.2) is 12.3 Å². The maximum absolute atomic E-state index is 10.2. The van der Waals surface area contributed by atoms with Gasteiger partial charge < -0.3 is 5.11 Å². The molecule has 1 aromatic heterocycles. The Hall–Kier alpha value is -1.45. The van der Waals surface area contributed by atoms with Gasteiger partial charge in [0.1, 0.15) is 5.82 Å². The number of aliphatic carboxylic acids is 1. The van der Waals surface area contributed by atoms with E-state index in [1.165, 1.54) is 0 Å². The van der Waals surface area contributed by atoms with Crippen LogP contribution in [0.1, 0.15) is 24.4 Å². The van der Waals surface area contributed by atoms with Gasteiger partial charge in [-0.1, -0.05) is 0 Å². The lowest BCUT2D eigenvalue weighted by atomic mass is 10.2. The monoisotopic (exact) mass is 180 g/mol. The number of hydrogen-bond donors (Lipinski definition) is 1. The zero-order chi connectivity index (χ0) is 9.68. The molecule has 0 aromatic carbocycles. The largest absolute Gasteiger partial charge is 0.481 e. The Labute approximate surface area is 76.7 Å². The van der Waals surface area contributed by atoms with E-state index >= 15 is 0 Å². The molecule has 0 amide bonds. The molecular formula is C9H12N2O2. The summed E-state index contributed by atoms with van der Waals surface area (Å²) in [7, 11) is 0. The molecule has 0 aliphatic heterocycles. The fraction of sp³-hybridized carbons (Fsp3) is 0.444. The van der Waals surface area contributed by atoms with Crippen LogP contribution in [0, 0.1) is 6.92 Å². The predicted octanol–water partition coefficient (Wildman–Crippen LogP) is 1.19. The molecule has 0 saturated carbocycles. The van der Waals surface area contributed by atoms with E-state index in [0.29, 0.717) is 12.8 Å². The van der Waals surface area contributed by atoms with Crippen molar-refractivity contribution in [1.29, 1.82) is 0 Å². The Morgan fingerprint density at radius 1 is 1.62 bits per heavy atom. The summed E-state index contributed by atoms with van der Waals surface area (Å²) in [4.78, 5) is 18.4. The minimum atomic E-state index is -0.771. The van der Waals surface area contributed by atoms with Crippen LogP contribution in [0.4, 0.5) is 0 Å². The highest BCUT2D eigenvalue weighted by molar-refractivity contribution is 5.66. The van der Waals surface area contributed by atoms with Crippen molar-refractivity contribution in [2.24, 2.45) is 0 Å². The summed E-state index contributed by atoms with van der Waals surface area (Å²) in [5.74, 6) is -0.0473. The van der Waals surface area contributed by atoms with Gasteiger partial charge in [-0.2, -0.15) is 0 Å². The van der Waals surface area contributed by atoms with Crippen molar-refractivity contribution in [3.8, 4) is 0 Å². The summed E-state index contributed by atoms with van der Waals surface area (Å²) in [5.41, 5.74) is 0.917. The van der Waals surface area contributed by atoms with Gasteiger partial charge in [0.15, 0.2) is 0 Å². The van der Waals surface area contributed by atoms with E-state index in [0.717, 1.165) is 11.5 Å². The van der Waals surface area contributed by atoms with Gasteiger partial charge >= 0.3 is 5.97 Å². The first-order chi connectivity index (χ1) is 6.18. The number of carboxylic acids is 1. The first kappa shape index (κ1) is 9.64. The summed E-state index contributed by atoms with van der Waals surface area (Å²) in [6, 6.07) is 1.82. The Balaban J connectivity index is 2.41. The summed E-state index contributed by atoms with van der Waals surface area (Å²) in [6.45, 7) is 1.89. The fourth-order valence-corrected chi connectivity index (χ4v) is 1.02. The van der Waals surface area contributed by atoms with E-state index in [4.69, 9.17) is 5.11 Å². The molecule has 0 spiro atoms. The van der Waals surface area contributed by atoms with Gasteiger partial charge in [-0.3, -0.25) is 4.79 Å². The molecule has 0 saturated heterocycles. The average molecular weight is 180 g/mol. The molecule has 0 fully saturated rings. The van der Waals surface area contributed by atoms with Crippen molar-refractivity contribution in [3.63, 3.8) is 0 Å². The van der Waals surface area contributed by atoms with Crippen molar-refractivity contribution in [2.45, 2.75) is 26.2 Å². The number of hydrogen-bond acceptors (Lipinski definition) is 3. The van der Waals surface area contributed by atoms with Crippen LogP contribution in [-0.4, -0.2) is 21.0 Å². The van der Waals surface area contributed by atoms with Crippen LogP contribution in [0.25, 0.3) is 0 Å². The van der Waals surface area contributed by atoms with E-state index in [1.54, 1.807) is 6.20 Å². The molecule has 4 nitrogen and oxygen atoms in total. The lowest BCUT2D eigenvalue weighted by molar-refractivity contribution is -0.137. The summed E-state index contributed by atoms with van der Waals surface area (Å²) in [6.07, 6.45) is 3.10. The molecule has 1 rings (SSSR count). The predicted molar refractivity (Wildman–Crippen MR) is 47.3 cm³/mol. The Morgan fingerprint density at radius 2 is 2.38 bits per heavy atom. The quantitative estimate of drug-likeness (QED) is 0.756. The highest BCUT2D eigenvalue weighted by atomic mass is 16.4. The third-order valence-electron chi connectivity index (χ3n) is 1.64. The van der Waals surface area contributed by atoms with Crippen molar-refractivity contribution >= 4 is 5.97 Å². The van der Waals surface area contributed by atoms with Crippen LogP contribution >= 0.6 is 0 Å². The normalized spacial score (nSPS) is 9.92. The second-order valence-electron chi connectivity index (χ2n) is 2.86. The molecule has 70 valence electrons. The maximum atomic E-state index is 10.2.